The number of allylic oxidation sites excluding steroid dienone is 1. The first kappa shape index (κ1) is 13.8. The SMILES string of the molecule is CCOC(=O)C1=C(C(C)C)O[C@@H](CI)[C@@H]1C. The fourth-order valence-corrected chi connectivity index (χ4v) is 2.79. The fraction of sp³-hybridized carbons (Fsp3) is 0.750. The zero-order valence-corrected chi connectivity index (χ0v) is 12.4. The first-order valence-corrected chi connectivity index (χ1v) is 7.19. The Balaban J connectivity index is 2.96. The standard InChI is InChI=1S/C12H19IO3/c1-5-15-12(14)10-8(4)9(6-13)16-11(10)7(2)3/h7-9H,5-6H2,1-4H3/t8-,9-/m0/s1. The number of alkyl halides is 1. The molecular weight excluding hydrogens is 319 g/mol. The molecule has 0 aliphatic carbocycles. The molecule has 0 aromatic carbocycles. The van der Waals surface area contributed by atoms with Crippen LogP contribution >= 0.6 is 22.6 Å². The fourth-order valence-electron chi connectivity index (χ4n) is 1.85. The Kier molecular flexibility index (Phi) is 5.08. The van der Waals surface area contributed by atoms with Crippen LogP contribution in [0.3, 0.4) is 0 Å². The van der Waals surface area contributed by atoms with Gasteiger partial charge >= 0.3 is 5.97 Å². The zero-order chi connectivity index (χ0) is 12.3. The Labute approximate surface area is 111 Å². The molecule has 0 spiro atoms. The predicted octanol–water partition coefficient (Wildman–Crippen LogP) is 2.93. The molecule has 0 unspecified atom stereocenters. The lowest BCUT2D eigenvalue weighted by Crippen LogP contribution is -2.21. The highest BCUT2D eigenvalue weighted by Gasteiger charge is 2.38. The van der Waals surface area contributed by atoms with Gasteiger partial charge in [-0.05, 0) is 6.92 Å². The minimum Gasteiger partial charge on any atom is -0.492 e. The van der Waals surface area contributed by atoms with Crippen LogP contribution in [0.15, 0.2) is 11.3 Å². The molecule has 1 heterocycles. The molecule has 16 heavy (non-hydrogen) atoms. The summed E-state index contributed by atoms with van der Waals surface area (Å²) in [7, 11) is 0. The number of halogens is 1. The van der Waals surface area contributed by atoms with Gasteiger partial charge in [-0.25, -0.2) is 4.79 Å². The van der Waals surface area contributed by atoms with Crippen molar-refractivity contribution in [3.8, 4) is 0 Å². The molecule has 0 aromatic heterocycles. The Morgan fingerprint density at radius 2 is 2.19 bits per heavy atom. The Morgan fingerprint density at radius 1 is 1.56 bits per heavy atom. The number of ether oxygens (including phenoxy) is 2. The zero-order valence-electron chi connectivity index (χ0n) is 10.2. The quantitative estimate of drug-likeness (QED) is 0.449. The van der Waals surface area contributed by atoms with E-state index >= 15 is 0 Å². The molecule has 3 nitrogen and oxygen atoms in total. The third kappa shape index (κ3) is 2.70. The van der Waals surface area contributed by atoms with Crippen LogP contribution in [-0.2, 0) is 14.3 Å². The molecule has 0 N–H and O–H groups in total. The van der Waals surface area contributed by atoms with Crippen molar-refractivity contribution in [2.45, 2.75) is 33.8 Å². The normalized spacial score (nSPS) is 24.9. The first-order valence-electron chi connectivity index (χ1n) is 5.66. The van der Waals surface area contributed by atoms with E-state index in [9.17, 15) is 4.79 Å². The van der Waals surface area contributed by atoms with Gasteiger partial charge in [-0.1, -0.05) is 43.4 Å². The van der Waals surface area contributed by atoms with E-state index in [1.165, 1.54) is 0 Å². The van der Waals surface area contributed by atoms with Crippen LogP contribution in [0.25, 0.3) is 0 Å². The van der Waals surface area contributed by atoms with Gasteiger partial charge in [0.25, 0.3) is 0 Å². The van der Waals surface area contributed by atoms with Crippen molar-refractivity contribution in [2.75, 3.05) is 11.0 Å². The molecular formula is C12H19IO3. The Morgan fingerprint density at radius 3 is 2.62 bits per heavy atom. The summed E-state index contributed by atoms with van der Waals surface area (Å²) in [6.45, 7) is 8.35. The monoisotopic (exact) mass is 338 g/mol. The van der Waals surface area contributed by atoms with Crippen LogP contribution in [0.2, 0.25) is 0 Å². The average Bonchev–Trinajstić information content (AvgIpc) is 2.55. The number of hydrogen-bond donors (Lipinski definition) is 0. The van der Waals surface area contributed by atoms with Crippen LogP contribution in [-0.4, -0.2) is 23.1 Å². The minimum absolute atomic E-state index is 0.109. The van der Waals surface area contributed by atoms with Crippen molar-refractivity contribution < 1.29 is 14.3 Å². The summed E-state index contributed by atoms with van der Waals surface area (Å²) in [6, 6.07) is 0. The highest BCUT2D eigenvalue weighted by Crippen LogP contribution is 2.36. The van der Waals surface area contributed by atoms with E-state index in [0.717, 1.165) is 15.8 Å². The molecule has 0 fully saturated rings. The van der Waals surface area contributed by atoms with Crippen molar-refractivity contribution >= 4 is 28.6 Å². The Bertz CT molecular complexity index is 297. The van der Waals surface area contributed by atoms with Crippen molar-refractivity contribution in [1.29, 1.82) is 0 Å². The summed E-state index contributed by atoms with van der Waals surface area (Å²) in [6.07, 6.45) is 0.109. The van der Waals surface area contributed by atoms with Gasteiger partial charge in [0, 0.05) is 16.3 Å². The average molecular weight is 338 g/mol. The molecule has 1 rings (SSSR count). The third-order valence-electron chi connectivity index (χ3n) is 2.73. The molecule has 1 aliphatic heterocycles. The van der Waals surface area contributed by atoms with Crippen LogP contribution in [0, 0.1) is 11.8 Å². The molecule has 2 atom stereocenters. The number of carbonyl (C=O) groups is 1. The van der Waals surface area contributed by atoms with Gasteiger partial charge in [-0.3, -0.25) is 0 Å². The highest BCUT2D eigenvalue weighted by atomic mass is 127. The molecule has 1 aliphatic rings. The first-order chi connectivity index (χ1) is 7.52. The van der Waals surface area contributed by atoms with Crippen LogP contribution in [0.4, 0.5) is 0 Å². The second kappa shape index (κ2) is 5.89. The van der Waals surface area contributed by atoms with Gasteiger partial charge in [0.2, 0.25) is 0 Å². The Hall–Kier alpha value is -0.260. The van der Waals surface area contributed by atoms with Crippen molar-refractivity contribution in [2.24, 2.45) is 11.8 Å². The van der Waals surface area contributed by atoms with E-state index in [4.69, 9.17) is 9.47 Å². The minimum atomic E-state index is -0.217. The summed E-state index contributed by atoms with van der Waals surface area (Å²) < 4.78 is 11.8. The molecule has 92 valence electrons. The number of hydrogen-bond acceptors (Lipinski definition) is 3. The summed E-state index contributed by atoms with van der Waals surface area (Å²) in [5.74, 6) is 0.960. The van der Waals surface area contributed by atoms with Crippen molar-refractivity contribution in [3.05, 3.63) is 11.3 Å². The van der Waals surface area contributed by atoms with E-state index in [2.05, 4.69) is 22.6 Å². The van der Waals surface area contributed by atoms with Crippen LogP contribution in [0.5, 0.6) is 0 Å². The lowest BCUT2D eigenvalue weighted by atomic mass is 9.95. The summed E-state index contributed by atoms with van der Waals surface area (Å²) in [5.41, 5.74) is 0.735. The predicted molar refractivity (Wildman–Crippen MR) is 71.4 cm³/mol. The maximum Gasteiger partial charge on any atom is 0.337 e. The van der Waals surface area contributed by atoms with Crippen LogP contribution in [0.1, 0.15) is 27.7 Å². The summed E-state index contributed by atoms with van der Waals surface area (Å²) >= 11 is 2.29. The largest absolute Gasteiger partial charge is 0.492 e. The number of rotatable bonds is 4. The molecule has 0 radical (unpaired) electrons. The van der Waals surface area contributed by atoms with Gasteiger partial charge < -0.3 is 9.47 Å². The molecule has 0 bridgehead atoms. The van der Waals surface area contributed by atoms with Gasteiger partial charge in [-0.15, -0.1) is 0 Å². The second-order valence-corrected chi connectivity index (χ2v) is 5.13. The van der Waals surface area contributed by atoms with Crippen molar-refractivity contribution in [1.82, 2.24) is 0 Å². The molecule has 0 saturated carbocycles. The van der Waals surface area contributed by atoms with Gasteiger partial charge in [-0.2, -0.15) is 0 Å². The smallest absolute Gasteiger partial charge is 0.337 e. The molecule has 0 saturated heterocycles. The second-order valence-electron chi connectivity index (χ2n) is 4.25. The van der Waals surface area contributed by atoms with Gasteiger partial charge in [0.05, 0.1) is 12.2 Å². The molecule has 4 heteroatoms. The maximum atomic E-state index is 11.9. The van der Waals surface area contributed by atoms with Gasteiger partial charge in [0.15, 0.2) is 0 Å². The van der Waals surface area contributed by atoms with E-state index in [1.54, 1.807) is 0 Å². The molecule has 0 amide bonds. The third-order valence-corrected chi connectivity index (χ3v) is 3.60. The summed E-state index contributed by atoms with van der Waals surface area (Å²) in [5, 5.41) is 0. The van der Waals surface area contributed by atoms with Crippen LogP contribution < -0.4 is 0 Å². The topological polar surface area (TPSA) is 35.5 Å². The number of carbonyl (C=O) groups excluding carboxylic acids is 1. The van der Waals surface area contributed by atoms with E-state index < -0.39 is 0 Å². The van der Waals surface area contributed by atoms with E-state index in [-0.39, 0.29) is 23.9 Å². The summed E-state index contributed by atoms with van der Waals surface area (Å²) in [4.78, 5) is 11.9. The van der Waals surface area contributed by atoms with Gasteiger partial charge in [0.1, 0.15) is 11.9 Å². The van der Waals surface area contributed by atoms with Crippen molar-refractivity contribution in [3.63, 3.8) is 0 Å². The highest BCUT2D eigenvalue weighted by molar-refractivity contribution is 14.1. The van der Waals surface area contributed by atoms with E-state index in [1.807, 2.05) is 27.7 Å². The maximum absolute atomic E-state index is 11.9. The molecule has 0 aromatic rings. The lowest BCUT2D eigenvalue weighted by molar-refractivity contribution is -0.139. The number of esters is 1. The lowest BCUT2D eigenvalue weighted by Gasteiger charge is -2.14. The van der Waals surface area contributed by atoms with E-state index in [0.29, 0.717) is 6.61 Å².